The van der Waals surface area contributed by atoms with Gasteiger partial charge in [-0.1, -0.05) is 48.0 Å². The molecule has 3 heteroatoms. The van der Waals surface area contributed by atoms with E-state index in [0.29, 0.717) is 5.92 Å². The molecule has 1 N–H and O–H groups in total. The van der Waals surface area contributed by atoms with Crippen molar-refractivity contribution in [2.75, 3.05) is 11.9 Å². The van der Waals surface area contributed by atoms with Gasteiger partial charge in [0, 0.05) is 23.8 Å². The number of hydrogen-bond acceptors (Lipinski definition) is 3. The molecule has 3 nitrogen and oxygen atoms in total. The van der Waals surface area contributed by atoms with Crippen molar-refractivity contribution in [2.45, 2.75) is 31.9 Å². The first-order valence-electron chi connectivity index (χ1n) is 10.1. The number of nitrogens with one attached hydrogen (secondary N) is 1. The number of hydrogen-bond donors (Lipinski definition) is 1. The minimum atomic E-state index is 0.161. The van der Waals surface area contributed by atoms with Gasteiger partial charge in [-0.3, -0.25) is 0 Å². The van der Waals surface area contributed by atoms with Crippen LogP contribution in [0, 0.1) is 12.8 Å². The summed E-state index contributed by atoms with van der Waals surface area (Å²) in [5.74, 6) is 2.15. The first-order chi connectivity index (χ1) is 13.8. The van der Waals surface area contributed by atoms with E-state index in [1.165, 1.54) is 28.8 Å². The predicted octanol–water partition coefficient (Wildman–Crippen LogP) is 6.42. The molecule has 0 aromatic heterocycles. The van der Waals surface area contributed by atoms with Crippen LogP contribution >= 0.6 is 0 Å². The van der Waals surface area contributed by atoms with Gasteiger partial charge < -0.3 is 14.8 Å². The lowest BCUT2D eigenvalue weighted by atomic mass is 9.77. The van der Waals surface area contributed by atoms with Gasteiger partial charge in [0.1, 0.15) is 11.5 Å². The highest BCUT2D eigenvalue weighted by Gasteiger charge is 2.39. The monoisotopic (exact) mass is 371 g/mol. The van der Waals surface area contributed by atoms with E-state index in [-0.39, 0.29) is 12.1 Å². The zero-order valence-electron chi connectivity index (χ0n) is 16.1. The number of benzene rings is 3. The third-order valence-electron chi connectivity index (χ3n) is 5.82. The number of aryl methyl sites for hydroxylation is 1. The fourth-order valence-electron chi connectivity index (χ4n) is 4.52. The highest BCUT2D eigenvalue weighted by Crippen LogP contribution is 2.49. The molecule has 2 heterocycles. The Labute approximate surface area is 166 Å². The molecule has 3 atom stereocenters. The Kier molecular flexibility index (Phi) is 4.53. The van der Waals surface area contributed by atoms with E-state index >= 15 is 0 Å². The van der Waals surface area contributed by atoms with Crippen molar-refractivity contribution in [3.63, 3.8) is 0 Å². The van der Waals surface area contributed by atoms with Crippen molar-refractivity contribution in [3.05, 3.63) is 89.5 Å². The summed E-state index contributed by atoms with van der Waals surface area (Å²) >= 11 is 0. The molecule has 0 unspecified atom stereocenters. The molecule has 1 fully saturated rings. The summed E-state index contributed by atoms with van der Waals surface area (Å²) in [5, 5.41) is 3.80. The second-order valence-corrected chi connectivity index (χ2v) is 7.80. The van der Waals surface area contributed by atoms with Crippen LogP contribution in [0.4, 0.5) is 5.69 Å². The Balaban J connectivity index is 1.48. The smallest absolute Gasteiger partial charge is 0.127 e. The van der Waals surface area contributed by atoms with Crippen LogP contribution in [-0.4, -0.2) is 6.61 Å². The Morgan fingerprint density at radius 1 is 0.929 bits per heavy atom. The summed E-state index contributed by atoms with van der Waals surface area (Å²) in [6.45, 7) is 2.99. The van der Waals surface area contributed by atoms with E-state index < -0.39 is 0 Å². The fraction of sp³-hybridized carbons (Fsp3) is 0.280. The Bertz CT molecular complexity index is 969. The number of para-hydroxylation sites is 1. The molecule has 0 radical (unpaired) electrons. The highest BCUT2D eigenvalue weighted by atomic mass is 16.5. The molecule has 3 aromatic rings. The first kappa shape index (κ1) is 17.3. The average molecular weight is 371 g/mol. The molecule has 2 aliphatic rings. The van der Waals surface area contributed by atoms with E-state index in [1.807, 2.05) is 36.4 Å². The third-order valence-corrected chi connectivity index (χ3v) is 5.82. The van der Waals surface area contributed by atoms with Gasteiger partial charge >= 0.3 is 0 Å². The lowest BCUT2D eigenvalue weighted by molar-refractivity contribution is -0.0381. The maximum atomic E-state index is 6.27. The SMILES string of the molecule is Cc1ccc2c(c1)[C@H]1OCCC[C@H]1[C@H](c1cccc(Oc3ccccc3)c1)N2. The fourth-order valence-corrected chi connectivity index (χ4v) is 4.52. The quantitative estimate of drug-likeness (QED) is 0.576. The van der Waals surface area contributed by atoms with Crippen molar-refractivity contribution < 1.29 is 9.47 Å². The molecule has 5 rings (SSSR count). The van der Waals surface area contributed by atoms with Crippen molar-refractivity contribution in [2.24, 2.45) is 5.92 Å². The number of fused-ring (bicyclic) bond motifs is 3. The maximum absolute atomic E-state index is 6.27. The van der Waals surface area contributed by atoms with Gasteiger partial charge in [-0.25, -0.2) is 0 Å². The van der Waals surface area contributed by atoms with Crippen LogP contribution in [0.3, 0.4) is 0 Å². The van der Waals surface area contributed by atoms with Gasteiger partial charge in [0.25, 0.3) is 0 Å². The van der Waals surface area contributed by atoms with Gasteiger partial charge in [-0.2, -0.15) is 0 Å². The highest BCUT2D eigenvalue weighted by molar-refractivity contribution is 5.58. The Morgan fingerprint density at radius 3 is 2.68 bits per heavy atom. The molecule has 0 aliphatic carbocycles. The molecule has 0 amide bonds. The predicted molar refractivity (Wildman–Crippen MR) is 112 cm³/mol. The van der Waals surface area contributed by atoms with Crippen LogP contribution in [0.2, 0.25) is 0 Å². The normalized spacial score (nSPS) is 23.2. The van der Waals surface area contributed by atoms with Crippen LogP contribution in [-0.2, 0) is 4.74 Å². The molecule has 0 spiro atoms. The van der Waals surface area contributed by atoms with Crippen LogP contribution in [0.25, 0.3) is 0 Å². The molecule has 142 valence electrons. The van der Waals surface area contributed by atoms with E-state index in [9.17, 15) is 0 Å². The molecule has 3 aromatic carbocycles. The van der Waals surface area contributed by atoms with Crippen molar-refractivity contribution in [3.8, 4) is 11.5 Å². The zero-order chi connectivity index (χ0) is 18.9. The largest absolute Gasteiger partial charge is 0.457 e. The van der Waals surface area contributed by atoms with Gasteiger partial charge in [0.05, 0.1) is 12.1 Å². The molecule has 0 saturated carbocycles. The summed E-state index contributed by atoms with van der Waals surface area (Å²) in [7, 11) is 0. The van der Waals surface area contributed by atoms with Crippen molar-refractivity contribution >= 4 is 5.69 Å². The van der Waals surface area contributed by atoms with Gasteiger partial charge in [0.15, 0.2) is 0 Å². The molecule has 2 aliphatic heterocycles. The number of rotatable bonds is 3. The molecule has 1 saturated heterocycles. The number of anilines is 1. The van der Waals surface area contributed by atoms with Crippen molar-refractivity contribution in [1.82, 2.24) is 0 Å². The van der Waals surface area contributed by atoms with Crippen LogP contribution in [0.5, 0.6) is 11.5 Å². The third kappa shape index (κ3) is 3.27. The van der Waals surface area contributed by atoms with Gasteiger partial charge in [0.2, 0.25) is 0 Å². The molecular formula is C25H25NO2. The summed E-state index contributed by atoms with van der Waals surface area (Å²) in [4.78, 5) is 0. The molecule has 0 bridgehead atoms. The summed E-state index contributed by atoms with van der Waals surface area (Å²) < 4.78 is 12.3. The minimum Gasteiger partial charge on any atom is -0.457 e. The second-order valence-electron chi connectivity index (χ2n) is 7.80. The number of ether oxygens (including phenoxy) is 2. The van der Waals surface area contributed by atoms with Crippen LogP contribution in [0.15, 0.2) is 72.8 Å². The molecule has 28 heavy (non-hydrogen) atoms. The van der Waals surface area contributed by atoms with E-state index in [2.05, 4.69) is 48.6 Å². The second kappa shape index (κ2) is 7.33. The van der Waals surface area contributed by atoms with E-state index in [0.717, 1.165) is 24.5 Å². The first-order valence-corrected chi connectivity index (χ1v) is 10.1. The van der Waals surface area contributed by atoms with Crippen molar-refractivity contribution in [1.29, 1.82) is 0 Å². The summed E-state index contributed by atoms with van der Waals surface area (Å²) in [6.07, 6.45) is 2.44. The summed E-state index contributed by atoms with van der Waals surface area (Å²) in [5.41, 5.74) is 5.02. The lowest BCUT2D eigenvalue weighted by Crippen LogP contribution is -2.36. The van der Waals surface area contributed by atoms with Gasteiger partial charge in [-0.15, -0.1) is 0 Å². The Morgan fingerprint density at radius 2 is 1.79 bits per heavy atom. The van der Waals surface area contributed by atoms with Gasteiger partial charge in [-0.05, 0) is 55.7 Å². The van der Waals surface area contributed by atoms with Crippen LogP contribution < -0.4 is 10.1 Å². The Hall–Kier alpha value is -2.78. The zero-order valence-corrected chi connectivity index (χ0v) is 16.1. The summed E-state index contributed by atoms with van der Waals surface area (Å²) in [6, 6.07) is 25.3. The average Bonchev–Trinajstić information content (AvgIpc) is 2.74. The lowest BCUT2D eigenvalue weighted by Gasteiger charge is -2.43. The molecular weight excluding hydrogens is 346 g/mol. The van der Waals surface area contributed by atoms with Crippen LogP contribution in [0.1, 0.15) is 41.7 Å². The topological polar surface area (TPSA) is 30.5 Å². The van der Waals surface area contributed by atoms with E-state index in [4.69, 9.17) is 9.47 Å². The standard InChI is InChI=1S/C25H25NO2/c1-17-12-13-23-22(15-17)25-21(11-6-14-27-25)24(26-23)18-7-5-10-20(16-18)28-19-8-3-2-4-9-19/h2-5,7-10,12-13,15-16,21,24-26H,6,11,14H2,1H3/t21-,24-,25-/m0/s1. The maximum Gasteiger partial charge on any atom is 0.127 e. The van der Waals surface area contributed by atoms with E-state index in [1.54, 1.807) is 0 Å². The minimum absolute atomic E-state index is 0.161.